The zero-order chi connectivity index (χ0) is 20.4. The molecule has 0 aromatic carbocycles. The summed E-state index contributed by atoms with van der Waals surface area (Å²) in [5.41, 5.74) is 0.554. The van der Waals surface area contributed by atoms with E-state index in [9.17, 15) is 22.8 Å². The molecule has 0 radical (unpaired) electrons. The number of amides is 1. The van der Waals surface area contributed by atoms with Crippen LogP contribution in [0.25, 0.3) is 0 Å². The number of aromatic nitrogens is 2. The summed E-state index contributed by atoms with van der Waals surface area (Å²) in [4.78, 5) is 24.4. The Bertz CT molecular complexity index is 647. The molecule has 1 aliphatic rings. The first-order valence-corrected chi connectivity index (χ1v) is 9.05. The van der Waals surface area contributed by atoms with Crippen LogP contribution in [0.15, 0.2) is 30.8 Å². The second kappa shape index (κ2) is 10.8. The third-order valence-corrected chi connectivity index (χ3v) is 4.38. The molecule has 1 N–H and O–H groups in total. The highest BCUT2D eigenvalue weighted by Gasteiger charge is 2.33. The summed E-state index contributed by atoms with van der Waals surface area (Å²) in [6, 6.07) is 1.69. The van der Waals surface area contributed by atoms with E-state index >= 15 is 0 Å². The molecule has 150 valence electrons. The molecule has 1 aromatic rings. The topological polar surface area (TPSA) is 83.6 Å². The van der Waals surface area contributed by atoms with Crippen LogP contribution in [0.5, 0.6) is 0 Å². The van der Waals surface area contributed by atoms with E-state index in [1.807, 2.05) is 16.7 Å². The zero-order valence-corrected chi connectivity index (χ0v) is 15.6. The Labute approximate surface area is 158 Å². The van der Waals surface area contributed by atoms with Crippen LogP contribution < -0.4 is 4.68 Å². The van der Waals surface area contributed by atoms with Gasteiger partial charge in [-0.25, -0.2) is 0 Å². The minimum Gasteiger partial charge on any atom is -0.493 e. The van der Waals surface area contributed by atoms with Gasteiger partial charge >= 0.3 is 12.1 Å². The van der Waals surface area contributed by atoms with Crippen LogP contribution in [0.3, 0.4) is 0 Å². The first kappa shape index (κ1) is 22.7. The number of alkyl halides is 3. The number of methoxy groups -OCH3 is 1. The Hall–Kier alpha value is -2.30. The van der Waals surface area contributed by atoms with Gasteiger partial charge in [-0.05, 0) is 5.10 Å². The van der Waals surface area contributed by atoms with Crippen molar-refractivity contribution < 1.29 is 37.3 Å². The molecule has 1 aliphatic heterocycles. The minimum absolute atomic E-state index is 0.00168. The number of allylic oxidation sites excluding steroid dienone is 1. The van der Waals surface area contributed by atoms with Gasteiger partial charge < -0.3 is 14.7 Å². The molecule has 2 heterocycles. The fourth-order valence-corrected chi connectivity index (χ4v) is 2.82. The van der Waals surface area contributed by atoms with Crippen molar-refractivity contribution in [3.63, 3.8) is 0 Å². The van der Waals surface area contributed by atoms with Crippen LogP contribution in [0, 0.1) is 0 Å². The summed E-state index contributed by atoms with van der Waals surface area (Å²) in [6.07, 6.45) is -1.23. The van der Waals surface area contributed by atoms with Gasteiger partial charge in [0.25, 0.3) is 5.91 Å². The molecule has 1 aromatic heterocycles. The molecule has 1 amide bonds. The minimum atomic E-state index is -4.41. The fraction of sp³-hybridized carbons (Fsp3) is 0.500. The molecule has 1 fully saturated rings. The van der Waals surface area contributed by atoms with Gasteiger partial charge in [-0.15, -0.1) is 0 Å². The Morgan fingerprint density at radius 2 is 2.04 bits per heavy atom. The Kier molecular flexibility index (Phi) is 9.06. The number of thioether (sulfide) groups is 1. The van der Waals surface area contributed by atoms with Crippen LogP contribution in [0.2, 0.25) is 0 Å². The van der Waals surface area contributed by atoms with Crippen molar-refractivity contribution in [1.82, 2.24) is 10.00 Å². The first-order valence-electron chi connectivity index (χ1n) is 7.90. The first-order chi connectivity index (χ1) is 12.6. The lowest BCUT2D eigenvalue weighted by Gasteiger charge is -2.26. The highest BCUT2D eigenvalue weighted by atomic mass is 32.2. The normalized spacial score (nSPS) is 14.0. The van der Waals surface area contributed by atoms with E-state index in [1.165, 1.54) is 10.9 Å². The highest BCUT2D eigenvalue weighted by molar-refractivity contribution is 7.99. The van der Waals surface area contributed by atoms with Crippen LogP contribution >= 0.6 is 11.8 Å². The number of carbonyl (C=O) groups excluding carboxylic acids is 1. The number of carboxylic acids is 1. The zero-order valence-electron chi connectivity index (χ0n) is 14.7. The quantitative estimate of drug-likeness (QED) is 0.590. The Balaban J connectivity index is 0.000000387. The summed E-state index contributed by atoms with van der Waals surface area (Å²) < 4.78 is 39.0. The van der Waals surface area contributed by atoms with E-state index in [2.05, 4.69) is 16.4 Å². The van der Waals surface area contributed by atoms with Crippen molar-refractivity contribution in [3.8, 4) is 0 Å². The Morgan fingerprint density at radius 3 is 2.44 bits per heavy atom. The number of hydrogen-bond acceptors (Lipinski definition) is 5. The van der Waals surface area contributed by atoms with E-state index in [-0.39, 0.29) is 12.3 Å². The monoisotopic (exact) mass is 408 g/mol. The third kappa shape index (κ3) is 8.29. The van der Waals surface area contributed by atoms with Crippen molar-refractivity contribution in [2.24, 2.45) is 0 Å². The van der Waals surface area contributed by atoms with Crippen molar-refractivity contribution in [1.29, 1.82) is 0 Å². The number of carbonyl (C=O) groups is 2. The van der Waals surface area contributed by atoms with E-state index < -0.39 is 17.9 Å². The molecule has 2 rings (SSSR count). The number of aryl methyl sites for hydroxylation is 1. The van der Waals surface area contributed by atoms with Crippen LogP contribution in [0.1, 0.15) is 16.8 Å². The van der Waals surface area contributed by atoms with Gasteiger partial charge in [0, 0.05) is 30.7 Å². The van der Waals surface area contributed by atoms with Gasteiger partial charge in [0.1, 0.15) is 12.6 Å². The maximum atomic E-state index is 12.2. The third-order valence-electron chi connectivity index (χ3n) is 3.43. The van der Waals surface area contributed by atoms with Gasteiger partial charge in [0.15, 0.2) is 18.5 Å². The van der Waals surface area contributed by atoms with E-state index in [4.69, 9.17) is 5.11 Å². The molecule has 0 unspecified atom stereocenters. The maximum absolute atomic E-state index is 12.2. The SMILES string of the molecule is C=C(OC)C(F)(F)F.O=C(O)CC[n+]1ccc(C(=O)N2CCSCC2)cn1. The van der Waals surface area contributed by atoms with Gasteiger partial charge in [0.2, 0.25) is 0 Å². The molecule has 11 heteroatoms. The number of halogens is 3. The lowest BCUT2D eigenvalue weighted by Crippen LogP contribution is -2.41. The van der Waals surface area contributed by atoms with E-state index in [1.54, 1.807) is 12.3 Å². The van der Waals surface area contributed by atoms with Gasteiger partial charge in [0.05, 0.1) is 12.7 Å². The number of carboxylic acid groups (broad SMARTS) is 1. The van der Waals surface area contributed by atoms with Crippen molar-refractivity contribution >= 4 is 23.6 Å². The molecule has 27 heavy (non-hydrogen) atoms. The largest absolute Gasteiger partial charge is 0.493 e. The van der Waals surface area contributed by atoms with Crippen molar-refractivity contribution in [2.45, 2.75) is 19.1 Å². The van der Waals surface area contributed by atoms with Crippen LogP contribution in [-0.2, 0) is 16.1 Å². The number of ether oxygens (including phenoxy) is 1. The second-order valence-electron chi connectivity index (χ2n) is 5.35. The van der Waals surface area contributed by atoms with E-state index in [0.717, 1.165) is 31.7 Å². The predicted octanol–water partition coefficient (Wildman–Crippen LogP) is 1.74. The average Bonchev–Trinajstić information content (AvgIpc) is 2.66. The lowest BCUT2D eigenvalue weighted by atomic mass is 10.2. The molecule has 7 nitrogen and oxygen atoms in total. The fourth-order valence-electron chi connectivity index (χ4n) is 1.92. The highest BCUT2D eigenvalue weighted by Crippen LogP contribution is 2.23. The maximum Gasteiger partial charge on any atom is 0.448 e. The summed E-state index contributed by atoms with van der Waals surface area (Å²) in [5.74, 6) is -0.0779. The molecule has 1 saturated heterocycles. The number of hydrogen-bond donors (Lipinski definition) is 1. The summed E-state index contributed by atoms with van der Waals surface area (Å²) in [7, 11) is 0.926. The predicted molar refractivity (Wildman–Crippen MR) is 92.1 cm³/mol. The van der Waals surface area contributed by atoms with Gasteiger partial charge in [-0.3, -0.25) is 9.59 Å². The van der Waals surface area contributed by atoms with E-state index in [0.29, 0.717) is 12.1 Å². The average molecular weight is 408 g/mol. The van der Waals surface area contributed by atoms with Crippen molar-refractivity contribution in [2.75, 3.05) is 31.7 Å². The van der Waals surface area contributed by atoms with Crippen molar-refractivity contribution in [3.05, 3.63) is 36.4 Å². The summed E-state index contributed by atoms with van der Waals surface area (Å²) in [5, 5.41) is 12.7. The van der Waals surface area contributed by atoms with Gasteiger partial charge in [-0.2, -0.15) is 24.9 Å². The molecular formula is C16H21F3N3O4S+. The molecule has 0 saturated carbocycles. The molecular weight excluding hydrogens is 387 g/mol. The number of rotatable bonds is 5. The molecule has 0 bridgehead atoms. The number of aliphatic carboxylic acids is 1. The summed E-state index contributed by atoms with van der Waals surface area (Å²) >= 11 is 1.85. The van der Waals surface area contributed by atoms with Crippen LogP contribution in [-0.4, -0.2) is 64.9 Å². The molecule has 0 atom stereocenters. The number of nitrogens with zero attached hydrogens (tertiary/aromatic N) is 3. The lowest BCUT2D eigenvalue weighted by molar-refractivity contribution is -0.753. The molecule has 0 aliphatic carbocycles. The van der Waals surface area contributed by atoms with Crippen LogP contribution in [0.4, 0.5) is 13.2 Å². The standard InChI is InChI=1S/C12H15N3O3S.C4H5F3O/c16-11(17)2-4-15-3-1-10(9-13-15)12(18)14-5-7-19-8-6-14;1-3(8-2)4(5,6)7/h1,3,9H,2,4-8H2;1H2,2H3/p+1. The Morgan fingerprint density at radius 1 is 1.41 bits per heavy atom. The summed E-state index contributed by atoms with van der Waals surface area (Å²) in [6.45, 7) is 4.46. The smallest absolute Gasteiger partial charge is 0.448 e. The molecule has 0 spiro atoms. The van der Waals surface area contributed by atoms with Gasteiger partial charge in [-0.1, -0.05) is 11.3 Å². The second-order valence-corrected chi connectivity index (χ2v) is 6.58.